The average molecular weight is 608 g/mol. The standard InChI is InChI=1S/C21H20N4OS.C8H8Cl2N4/c1-15(23-19(26)13-12-16-7-3-2-4-8-16)24-21(27)25-18-11-5-9-17-10-6-14-22-20(17)18;9-6-2-1-3-7(10)5(6)4-13-14-8(11)12/h2-15H,1H3,(H,23,26)(H2,24,25,27);1-4H,(H4,11,12,14)/b13-12+;13-4+. The maximum Gasteiger partial charge on any atom is 0.245 e. The maximum atomic E-state index is 12.0. The van der Waals surface area contributed by atoms with Crippen molar-refractivity contribution >= 4 is 81.3 Å². The van der Waals surface area contributed by atoms with Gasteiger partial charge in [-0.25, -0.2) is 0 Å². The van der Waals surface area contributed by atoms with Gasteiger partial charge >= 0.3 is 0 Å². The fraction of sp³-hybridized carbons (Fsp3) is 0.0690. The molecule has 1 heterocycles. The summed E-state index contributed by atoms with van der Waals surface area (Å²) in [5.74, 6) is -0.321. The summed E-state index contributed by atoms with van der Waals surface area (Å²) < 4.78 is 0. The van der Waals surface area contributed by atoms with Crippen molar-refractivity contribution in [2.45, 2.75) is 13.1 Å². The third-order valence-corrected chi connectivity index (χ3v) is 6.05. The Bertz CT molecular complexity index is 1550. The second kappa shape index (κ2) is 15.9. The quantitative estimate of drug-likeness (QED) is 0.0479. The van der Waals surface area contributed by atoms with Crippen LogP contribution >= 0.6 is 35.4 Å². The molecule has 1 atom stereocenters. The van der Waals surface area contributed by atoms with Crippen LogP contribution in [0, 0.1) is 0 Å². The average Bonchev–Trinajstić information content (AvgIpc) is 2.94. The molecule has 0 aliphatic heterocycles. The van der Waals surface area contributed by atoms with E-state index < -0.39 is 0 Å². The Balaban J connectivity index is 0.000000278. The Hall–Kier alpha value is -4.51. The van der Waals surface area contributed by atoms with Crippen molar-refractivity contribution in [2.75, 3.05) is 5.32 Å². The van der Waals surface area contributed by atoms with Crippen LogP contribution in [-0.4, -0.2) is 34.3 Å². The van der Waals surface area contributed by atoms with Gasteiger partial charge in [-0.1, -0.05) is 77.8 Å². The van der Waals surface area contributed by atoms with Gasteiger partial charge in [0.25, 0.3) is 0 Å². The predicted octanol–water partition coefficient (Wildman–Crippen LogP) is 5.30. The van der Waals surface area contributed by atoms with Crippen molar-refractivity contribution in [3.8, 4) is 0 Å². The number of guanidine groups is 1. The first-order chi connectivity index (χ1) is 19.7. The topological polar surface area (TPSA) is 143 Å². The molecule has 0 bridgehead atoms. The molecule has 0 saturated heterocycles. The SMILES string of the molecule is CC(NC(=O)/C=C/c1ccccc1)NC(=S)Nc1cccc2cccnc12.NC(N)=N/N=C/c1c(Cl)cccc1Cl. The fourth-order valence-electron chi connectivity index (χ4n) is 3.38. The molecule has 3 aromatic carbocycles. The monoisotopic (exact) mass is 606 g/mol. The van der Waals surface area contributed by atoms with Gasteiger partial charge in [0.2, 0.25) is 11.9 Å². The summed E-state index contributed by atoms with van der Waals surface area (Å²) in [4.78, 5) is 16.4. The van der Waals surface area contributed by atoms with Gasteiger partial charge in [-0.3, -0.25) is 9.78 Å². The number of halogens is 2. The van der Waals surface area contributed by atoms with Crippen LogP contribution in [0.25, 0.3) is 17.0 Å². The van der Waals surface area contributed by atoms with E-state index in [1.807, 2.05) is 67.6 Å². The minimum atomic E-state index is -0.333. The molecular formula is C29H28Cl2N8OS. The maximum absolute atomic E-state index is 12.0. The number of nitrogens with two attached hydrogens (primary N) is 2. The molecule has 9 nitrogen and oxygen atoms in total. The number of nitrogens with one attached hydrogen (secondary N) is 3. The molecule has 12 heteroatoms. The molecule has 1 amide bonds. The van der Waals surface area contributed by atoms with Gasteiger partial charge in [0, 0.05) is 23.2 Å². The molecule has 210 valence electrons. The van der Waals surface area contributed by atoms with Gasteiger partial charge in [0.15, 0.2) is 5.11 Å². The number of carbonyl (C=O) groups excluding carboxylic acids is 1. The Kier molecular flexibility index (Phi) is 12.0. The molecule has 0 aliphatic rings. The first-order valence-corrected chi connectivity index (χ1v) is 13.4. The summed E-state index contributed by atoms with van der Waals surface area (Å²) >= 11 is 17.1. The number of thiocarbonyl (C=S) groups is 1. The third kappa shape index (κ3) is 10.5. The summed E-state index contributed by atoms with van der Waals surface area (Å²) in [6.07, 6.45) is 6.07. The number of hydrogen-bond acceptors (Lipinski definition) is 5. The highest BCUT2D eigenvalue weighted by Crippen LogP contribution is 2.22. The molecule has 4 rings (SSSR count). The van der Waals surface area contributed by atoms with Gasteiger partial charge in [0.05, 0.1) is 33.6 Å². The summed E-state index contributed by atoms with van der Waals surface area (Å²) in [6.45, 7) is 1.82. The first kappa shape index (κ1) is 31.0. The molecule has 41 heavy (non-hydrogen) atoms. The number of fused-ring (bicyclic) bond motifs is 1. The molecule has 0 radical (unpaired) electrons. The number of rotatable bonds is 7. The molecular weight excluding hydrogens is 579 g/mol. The normalized spacial score (nSPS) is 11.4. The Morgan fingerprint density at radius 3 is 2.34 bits per heavy atom. The molecule has 1 unspecified atom stereocenters. The van der Waals surface area contributed by atoms with E-state index in [1.54, 1.807) is 30.5 Å². The zero-order valence-corrected chi connectivity index (χ0v) is 24.3. The number of hydrogen-bond donors (Lipinski definition) is 5. The highest BCUT2D eigenvalue weighted by Gasteiger charge is 2.08. The minimum absolute atomic E-state index is 0.121. The number of aromatic nitrogens is 1. The van der Waals surface area contributed by atoms with Crippen LogP contribution in [0.1, 0.15) is 18.1 Å². The summed E-state index contributed by atoms with van der Waals surface area (Å²) in [5.41, 5.74) is 13.4. The van der Waals surface area contributed by atoms with Crippen LogP contribution in [0.5, 0.6) is 0 Å². The van der Waals surface area contributed by atoms with Crippen LogP contribution < -0.4 is 27.4 Å². The summed E-state index contributed by atoms with van der Waals surface area (Å²) in [7, 11) is 0. The zero-order valence-electron chi connectivity index (χ0n) is 22.0. The van der Waals surface area contributed by atoms with Gasteiger partial charge in [-0.05, 0) is 55.0 Å². The number of nitrogens with zero attached hydrogens (tertiary/aromatic N) is 3. The Labute approximate surface area is 253 Å². The summed E-state index contributed by atoms with van der Waals surface area (Å²) in [6, 6.07) is 24.5. The van der Waals surface area contributed by atoms with Gasteiger partial charge in [-0.15, -0.1) is 5.10 Å². The fourth-order valence-corrected chi connectivity index (χ4v) is 4.16. The van der Waals surface area contributed by atoms with Crippen LogP contribution in [0.15, 0.2) is 101 Å². The number of pyridine rings is 1. The molecule has 0 fully saturated rings. The van der Waals surface area contributed by atoms with E-state index in [0.717, 1.165) is 22.2 Å². The van der Waals surface area contributed by atoms with Crippen molar-refractivity contribution in [3.05, 3.63) is 112 Å². The van der Waals surface area contributed by atoms with E-state index in [4.69, 9.17) is 46.9 Å². The zero-order chi connectivity index (χ0) is 29.6. The van der Waals surface area contributed by atoms with Crippen molar-refractivity contribution < 1.29 is 4.79 Å². The lowest BCUT2D eigenvalue weighted by atomic mass is 10.2. The highest BCUT2D eigenvalue weighted by molar-refractivity contribution is 7.80. The number of carbonyl (C=O) groups is 1. The van der Waals surface area contributed by atoms with E-state index in [1.165, 1.54) is 12.3 Å². The molecule has 7 N–H and O–H groups in total. The summed E-state index contributed by atoms with van der Waals surface area (Å²) in [5, 5.41) is 18.5. The molecule has 4 aromatic rings. The predicted molar refractivity (Wildman–Crippen MR) is 174 cm³/mol. The largest absolute Gasteiger partial charge is 0.369 e. The second-order valence-electron chi connectivity index (χ2n) is 8.36. The third-order valence-electron chi connectivity index (χ3n) is 5.17. The van der Waals surface area contributed by atoms with E-state index in [2.05, 4.69) is 31.1 Å². The molecule has 0 aliphatic carbocycles. The molecule has 1 aromatic heterocycles. The number of anilines is 1. The highest BCUT2D eigenvalue weighted by atomic mass is 35.5. The van der Waals surface area contributed by atoms with E-state index in [9.17, 15) is 4.79 Å². The van der Waals surface area contributed by atoms with Crippen molar-refractivity contribution in [2.24, 2.45) is 21.7 Å². The lowest BCUT2D eigenvalue weighted by Gasteiger charge is -2.18. The number of benzene rings is 3. The lowest BCUT2D eigenvalue weighted by molar-refractivity contribution is -0.117. The van der Waals surface area contributed by atoms with Crippen molar-refractivity contribution in [1.29, 1.82) is 0 Å². The second-order valence-corrected chi connectivity index (χ2v) is 9.58. The smallest absolute Gasteiger partial charge is 0.245 e. The lowest BCUT2D eigenvalue weighted by Crippen LogP contribution is -2.46. The Morgan fingerprint density at radius 1 is 0.951 bits per heavy atom. The van der Waals surface area contributed by atoms with E-state index in [-0.39, 0.29) is 18.0 Å². The van der Waals surface area contributed by atoms with Gasteiger partial charge in [0.1, 0.15) is 0 Å². The molecule has 0 spiro atoms. The van der Waals surface area contributed by atoms with E-state index in [0.29, 0.717) is 20.7 Å². The van der Waals surface area contributed by atoms with Crippen molar-refractivity contribution in [1.82, 2.24) is 15.6 Å². The minimum Gasteiger partial charge on any atom is -0.369 e. The van der Waals surface area contributed by atoms with Crippen molar-refractivity contribution in [3.63, 3.8) is 0 Å². The van der Waals surface area contributed by atoms with Crippen LogP contribution in [0.3, 0.4) is 0 Å². The molecule has 0 saturated carbocycles. The van der Waals surface area contributed by atoms with Crippen LogP contribution in [-0.2, 0) is 4.79 Å². The van der Waals surface area contributed by atoms with Gasteiger partial charge in [-0.2, -0.15) is 5.10 Å². The number of amides is 1. The van der Waals surface area contributed by atoms with E-state index >= 15 is 0 Å². The number of para-hydroxylation sites is 1. The van der Waals surface area contributed by atoms with Crippen LogP contribution in [0.4, 0.5) is 5.69 Å². The van der Waals surface area contributed by atoms with Crippen LogP contribution in [0.2, 0.25) is 10.0 Å². The Morgan fingerprint density at radius 2 is 1.63 bits per heavy atom. The van der Waals surface area contributed by atoms with Gasteiger partial charge < -0.3 is 27.4 Å². The first-order valence-electron chi connectivity index (χ1n) is 12.2.